The van der Waals surface area contributed by atoms with Crippen LogP contribution in [0.2, 0.25) is 0 Å². The zero-order chi connectivity index (χ0) is 11.5. The molecule has 0 bridgehead atoms. The third-order valence-corrected chi connectivity index (χ3v) is 3.94. The van der Waals surface area contributed by atoms with E-state index in [0.29, 0.717) is 6.42 Å². The molecular formula is C10H12BrFO2S. The Labute approximate surface area is 97.5 Å². The Kier molecular flexibility index (Phi) is 4.28. The Bertz CT molecular complexity index is 414. The Morgan fingerprint density at radius 1 is 1.33 bits per heavy atom. The number of alkyl halides is 1. The Morgan fingerprint density at radius 2 is 1.87 bits per heavy atom. The van der Waals surface area contributed by atoms with Crippen molar-refractivity contribution in [3.63, 3.8) is 0 Å². The zero-order valence-corrected chi connectivity index (χ0v) is 10.7. The predicted molar refractivity (Wildman–Crippen MR) is 62.5 cm³/mol. The molecule has 0 saturated heterocycles. The molecule has 0 aliphatic heterocycles. The maximum atomic E-state index is 12.6. The molecule has 0 aliphatic carbocycles. The summed E-state index contributed by atoms with van der Waals surface area (Å²) in [6, 6.07) is 6.06. The van der Waals surface area contributed by atoms with E-state index in [1.807, 2.05) is 0 Å². The number of hydrogen-bond donors (Lipinski definition) is 0. The fourth-order valence-corrected chi connectivity index (χ4v) is 3.85. The van der Waals surface area contributed by atoms with E-state index in [9.17, 15) is 12.8 Å². The maximum Gasteiger partial charge on any atom is 0.148 e. The van der Waals surface area contributed by atoms with E-state index < -0.39 is 9.84 Å². The fraction of sp³-hybridized carbons (Fsp3) is 0.400. The van der Waals surface area contributed by atoms with Gasteiger partial charge in [-0.25, -0.2) is 12.8 Å². The van der Waals surface area contributed by atoms with Crippen LogP contribution in [0.4, 0.5) is 4.39 Å². The van der Waals surface area contributed by atoms with E-state index in [0.717, 1.165) is 5.56 Å². The van der Waals surface area contributed by atoms with Crippen LogP contribution < -0.4 is 0 Å². The van der Waals surface area contributed by atoms with Crippen LogP contribution in [0.3, 0.4) is 0 Å². The van der Waals surface area contributed by atoms with Crippen LogP contribution in [-0.2, 0) is 16.3 Å². The normalized spacial score (nSPS) is 13.8. The van der Waals surface area contributed by atoms with Crippen molar-refractivity contribution in [3.8, 4) is 0 Å². The smallest absolute Gasteiger partial charge is 0.148 e. The highest BCUT2D eigenvalue weighted by Crippen LogP contribution is 2.12. The first kappa shape index (κ1) is 12.6. The molecule has 15 heavy (non-hydrogen) atoms. The van der Waals surface area contributed by atoms with Crippen molar-refractivity contribution in [2.24, 2.45) is 0 Å². The first-order valence-corrected chi connectivity index (χ1v) is 7.41. The first-order valence-electron chi connectivity index (χ1n) is 4.43. The number of rotatable bonds is 4. The van der Waals surface area contributed by atoms with E-state index in [1.54, 1.807) is 12.1 Å². The summed E-state index contributed by atoms with van der Waals surface area (Å²) in [7, 11) is -2.97. The summed E-state index contributed by atoms with van der Waals surface area (Å²) in [5, 5.41) is 0. The molecule has 5 heteroatoms. The van der Waals surface area contributed by atoms with Crippen LogP contribution in [0.25, 0.3) is 0 Å². The quantitative estimate of drug-likeness (QED) is 0.798. The van der Waals surface area contributed by atoms with Crippen LogP contribution in [0.1, 0.15) is 5.56 Å². The van der Waals surface area contributed by atoms with Gasteiger partial charge in [0.15, 0.2) is 0 Å². The summed E-state index contributed by atoms with van der Waals surface area (Å²) >= 11 is 3.30. The Balaban J connectivity index is 2.59. The highest BCUT2D eigenvalue weighted by Gasteiger charge is 2.12. The molecule has 1 aromatic rings. The molecule has 0 radical (unpaired) electrons. The third-order valence-electron chi connectivity index (χ3n) is 1.85. The van der Waals surface area contributed by atoms with E-state index in [4.69, 9.17) is 0 Å². The summed E-state index contributed by atoms with van der Waals surface area (Å²) in [4.78, 5) is -0.127. The van der Waals surface area contributed by atoms with Gasteiger partial charge in [-0.1, -0.05) is 28.1 Å². The molecule has 1 aromatic carbocycles. The standard InChI is InChI=1S/C10H12BrFO2S/c1-15(13,14)7-9(11)6-8-2-4-10(12)5-3-8/h2-5,9H,6-7H2,1H3. The van der Waals surface area contributed by atoms with Crippen molar-refractivity contribution in [1.82, 2.24) is 0 Å². The van der Waals surface area contributed by atoms with Gasteiger partial charge in [0.05, 0.1) is 5.75 Å². The molecular weight excluding hydrogens is 283 g/mol. The number of halogens is 2. The SMILES string of the molecule is CS(=O)(=O)CC(Br)Cc1ccc(F)cc1. The van der Waals surface area contributed by atoms with Gasteiger partial charge < -0.3 is 0 Å². The van der Waals surface area contributed by atoms with Crippen molar-refractivity contribution < 1.29 is 12.8 Å². The van der Waals surface area contributed by atoms with E-state index in [2.05, 4.69) is 15.9 Å². The molecule has 0 fully saturated rings. The lowest BCUT2D eigenvalue weighted by molar-refractivity contribution is 0.600. The van der Waals surface area contributed by atoms with Gasteiger partial charge in [-0.3, -0.25) is 0 Å². The van der Waals surface area contributed by atoms with Crippen LogP contribution in [0.5, 0.6) is 0 Å². The van der Waals surface area contributed by atoms with Gasteiger partial charge in [0, 0.05) is 11.1 Å². The third kappa shape index (κ3) is 5.28. The second-order valence-electron chi connectivity index (χ2n) is 3.52. The molecule has 0 aromatic heterocycles. The zero-order valence-electron chi connectivity index (χ0n) is 8.28. The van der Waals surface area contributed by atoms with Crippen LogP contribution in [0, 0.1) is 5.82 Å². The molecule has 0 N–H and O–H groups in total. The largest absolute Gasteiger partial charge is 0.229 e. The summed E-state index contributed by atoms with van der Waals surface area (Å²) in [5.41, 5.74) is 0.918. The molecule has 0 heterocycles. The molecule has 1 rings (SSSR count). The van der Waals surface area contributed by atoms with Crippen molar-refractivity contribution in [1.29, 1.82) is 0 Å². The molecule has 84 valence electrons. The first-order chi connectivity index (χ1) is 6.87. The molecule has 1 unspecified atom stereocenters. The predicted octanol–water partition coefficient (Wildman–Crippen LogP) is 2.18. The Morgan fingerprint density at radius 3 is 2.33 bits per heavy atom. The molecule has 0 spiro atoms. The highest BCUT2D eigenvalue weighted by atomic mass is 79.9. The lowest BCUT2D eigenvalue weighted by Gasteiger charge is -2.08. The average molecular weight is 295 g/mol. The summed E-state index contributed by atoms with van der Waals surface area (Å²) in [5.74, 6) is -0.197. The van der Waals surface area contributed by atoms with Crippen LogP contribution in [-0.4, -0.2) is 25.3 Å². The van der Waals surface area contributed by atoms with E-state index >= 15 is 0 Å². The van der Waals surface area contributed by atoms with Crippen molar-refractivity contribution >= 4 is 25.8 Å². The Hall–Kier alpha value is -0.420. The van der Waals surface area contributed by atoms with Crippen molar-refractivity contribution in [2.75, 3.05) is 12.0 Å². The van der Waals surface area contributed by atoms with Gasteiger partial charge in [0.2, 0.25) is 0 Å². The summed E-state index contributed by atoms with van der Waals surface area (Å²) < 4.78 is 34.6. The number of benzene rings is 1. The summed E-state index contributed by atoms with van der Waals surface area (Å²) in [6.45, 7) is 0. The van der Waals surface area contributed by atoms with Crippen molar-refractivity contribution in [2.45, 2.75) is 11.2 Å². The highest BCUT2D eigenvalue weighted by molar-refractivity contribution is 9.09. The topological polar surface area (TPSA) is 34.1 Å². The minimum atomic E-state index is -2.97. The fourth-order valence-electron chi connectivity index (χ4n) is 1.26. The number of sulfone groups is 1. The van der Waals surface area contributed by atoms with Gasteiger partial charge in [-0.05, 0) is 24.1 Å². The second kappa shape index (κ2) is 5.07. The van der Waals surface area contributed by atoms with Gasteiger partial charge in [-0.15, -0.1) is 0 Å². The lowest BCUT2D eigenvalue weighted by atomic mass is 10.1. The molecule has 0 aliphatic rings. The van der Waals surface area contributed by atoms with Gasteiger partial charge in [-0.2, -0.15) is 0 Å². The molecule has 1 atom stereocenters. The minimum Gasteiger partial charge on any atom is -0.229 e. The van der Waals surface area contributed by atoms with E-state index in [-0.39, 0.29) is 16.4 Å². The average Bonchev–Trinajstić information content (AvgIpc) is 2.05. The molecule has 2 nitrogen and oxygen atoms in total. The van der Waals surface area contributed by atoms with Gasteiger partial charge >= 0.3 is 0 Å². The minimum absolute atomic E-state index is 0.0877. The van der Waals surface area contributed by atoms with Crippen molar-refractivity contribution in [3.05, 3.63) is 35.6 Å². The monoisotopic (exact) mass is 294 g/mol. The molecule has 0 amide bonds. The summed E-state index contributed by atoms with van der Waals surface area (Å²) in [6.07, 6.45) is 1.78. The number of hydrogen-bond acceptors (Lipinski definition) is 2. The second-order valence-corrected chi connectivity index (χ2v) is 7.00. The van der Waals surface area contributed by atoms with Gasteiger partial charge in [0.1, 0.15) is 15.7 Å². The maximum absolute atomic E-state index is 12.6. The van der Waals surface area contributed by atoms with Crippen LogP contribution in [0.15, 0.2) is 24.3 Å². The van der Waals surface area contributed by atoms with Gasteiger partial charge in [0.25, 0.3) is 0 Å². The van der Waals surface area contributed by atoms with Crippen LogP contribution >= 0.6 is 15.9 Å². The van der Waals surface area contributed by atoms with E-state index in [1.165, 1.54) is 18.4 Å². The lowest BCUT2D eigenvalue weighted by Crippen LogP contribution is -2.16. The molecule has 0 saturated carbocycles.